The molecule has 0 spiro atoms. The molecule has 3 heterocycles. The van der Waals surface area contributed by atoms with Crippen molar-refractivity contribution in [3.05, 3.63) is 81.1 Å². The molecule has 8 heteroatoms. The van der Waals surface area contributed by atoms with Crippen molar-refractivity contribution in [2.75, 3.05) is 5.32 Å². The highest BCUT2D eigenvalue weighted by atomic mass is 32.1. The molecule has 3 aromatic heterocycles. The predicted octanol–water partition coefficient (Wildman–Crippen LogP) is 3.93. The number of rotatable bonds is 6. The highest BCUT2D eigenvalue weighted by molar-refractivity contribution is 7.13. The van der Waals surface area contributed by atoms with E-state index in [-0.39, 0.29) is 17.4 Å². The summed E-state index contributed by atoms with van der Waals surface area (Å²) < 4.78 is 1.48. The average Bonchev–Trinajstić information content (AvgIpc) is 3.41. The quantitative estimate of drug-likeness (QED) is 0.495. The van der Waals surface area contributed by atoms with Crippen LogP contribution in [0.5, 0.6) is 0 Å². The molecular weight excluding hydrogens is 398 g/mol. The van der Waals surface area contributed by atoms with Crippen molar-refractivity contribution in [1.82, 2.24) is 19.7 Å². The lowest BCUT2D eigenvalue weighted by Crippen LogP contribution is -2.22. The van der Waals surface area contributed by atoms with Gasteiger partial charge in [0.2, 0.25) is 11.9 Å². The molecule has 0 aliphatic carbocycles. The summed E-state index contributed by atoms with van der Waals surface area (Å²) in [7, 11) is 0. The van der Waals surface area contributed by atoms with Gasteiger partial charge in [0.25, 0.3) is 5.56 Å². The molecule has 0 atom stereocenters. The Bertz CT molecular complexity index is 1230. The van der Waals surface area contributed by atoms with E-state index in [1.807, 2.05) is 54.8 Å². The number of aromatic nitrogens is 4. The SMILES string of the molecule is CCC(=O)Nc1cc(-c2cccs2)nn1-c1nc(C)c(Cc2ccccc2)c(=O)[nH]1. The Morgan fingerprint density at radius 1 is 1.20 bits per heavy atom. The summed E-state index contributed by atoms with van der Waals surface area (Å²) in [5.74, 6) is 0.584. The Morgan fingerprint density at radius 2 is 2.00 bits per heavy atom. The van der Waals surface area contributed by atoms with Crippen LogP contribution in [0, 0.1) is 6.92 Å². The van der Waals surface area contributed by atoms with E-state index in [2.05, 4.69) is 20.4 Å². The van der Waals surface area contributed by atoms with E-state index in [1.54, 1.807) is 24.3 Å². The van der Waals surface area contributed by atoms with Gasteiger partial charge >= 0.3 is 0 Å². The van der Waals surface area contributed by atoms with E-state index in [9.17, 15) is 9.59 Å². The Balaban J connectivity index is 1.76. The van der Waals surface area contributed by atoms with E-state index < -0.39 is 0 Å². The number of amides is 1. The van der Waals surface area contributed by atoms with Crippen LogP contribution in [0.15, 0.2) is 58.7 Å². The third-order valence-electron chi connectivity index (χ3n) is 4.71. The number of thiophene rings is 1. The van der Waals surface area contributed by atoms with E-state index >= 15 is 0 Å². The third-order valence-corrected chi connectivity index (χ3v) is 5.60. The molecule has 1 aromatic carbocycles. The first-order chi connectivity index (χ1) is 14.5. The van der Waals surface area contributed by atoms with E-state index in [0.29, 0.717) is 35.6 Å². The van der Waals surface area contributed by atoms with Crippen LogP contribution >= 0.6 is 11.3 Å². The second-order valence-electron chi connectivity index (χ2n) is 6.82. The minimum absolute atomic E-state index is 0.145. The zero-order valence-electron chi connectivity index (χ0n) is 16.7. The fraction of sp³-hybridized carbons (Fsp3) is 0.182. The summed E-state index contributed by atoms with van der Waals surface area (Å²) >= 11 is 1.55. The molecule has 0 aliphatic rings. The van der Waals surface area contributed by atoms with Gasteiger partial charge in [-0.05, 0) is 23.9 Å². The number of aryl methyl sites for hydroxylation is 1. The number of aromatic amines is 1. The zero-order chi connectivity index (χ0) is 21.1. The van der Waals surface area contributed by atoms with E-state index in [1.165, 1.54) is 4.68 Å². The summed E-state index contributed by atoms with van der Waals surface area (Å²) in [6.45, 7) is 3.59. The lowest BCUT2D eigenvalue weighted by atomic mass is 10.1. The fourth-order valence-electron chi connectivity index (χ4n) is 3.11. The second-order valence-corrected chi connectivity index (χ2v) is 7.77. The van der Waals surface area contributed by atoms with Crippen LogP contribution in [-0.4, -0.2) is 25.7 Å². The lowest BCUT2D eigenvalue weighted by Gasteiger charge is -2.10. The van der Waals surface area contributed by atoms with Gasteiger partial charge in [0, 0.05) is 24.5 Å². The first kappa shape index (κ1) is 19.8. The third kappa shape index (κ3) is 4.08. The maximum absolute atomic E-state index is 12.8. The van der Waals surface area contributed by atoms with Crippen molar-refractivity contribution >= 4 is 23.1 Å². The Labute approximate surface area is 177 Å². The molecule has 7 nitrogen and oxygen atoms in total. The standard InChI is InChI=1S/C22H21N5O2S/c1-3-20(28)24-19-13-17(18-10-7-11-30-18)26-27(19)22-23-14(2)16(21(29)25-22)12-15-8-5-4-6-9-15/h4-11,13H,3,12H2,1-2H3,(H,24,28)(H,23,25,29). The number of nitrogens with one attached hydrogen (secondary N) is 2. The van der Waals surface area contributed by atoms with Crippen LogP contribution in [0.2, 0.25) is 0 Å². The Hall–Kier alpha value is -3.52. The van der Waals surface area contributed by atoms with Gasteiger partial charge in [0.15, 0.2) is 0 Å². The summed E-state index contributed by atoms with van der Waals surface area (Å²) in [5, 5.41) is 9.38. The highest BCUT2D eigenvalue weighted by Crippen LogP contribution is 2.27. The number of H-pyrrole nitrogens is 1. The van der Waals surface area contributed by atoms with Crippen LogP contribution in [0.25, 0.3) is 16.5 Å². The van der Waals surface area contributed by atoms with Crippen LogP contribution in [0.4, 0.5) is 5.82 Å². The maximum atomic E-state index is 12.8. The van der Waals surface area contributed by atoms with Gasteiger partial charge in [0.05, 0.1) is 10.6 Å². The molecule has 0 radical (unpaired) electrons. The summed E-state index contributed by atoms with van der Waals surface area (Å²) in [5.41, 5.74) is 2.75. The highest BCUT2D eigenvalue weighted by Gasteiger charge is 2.17. The summed E-state index contributed by atoms with van der Waals surface area (Å²) in [6, 6.07) is 15.5. The zero-order valence-corrected chi connectivity index (χ0v) is 17.5. The minimum Gasteiger partial charge on any atom is -0.310 e. The maximum Gasteiger partial charge on any atom is 0.256 e. The van der Waals surface area contributed by atoms with Crippen molar-refractivity contribution in [2.24, 2.45) is 0 Å². The van der Waals surface area contributed by atoms with Crippen molar-refractivity contribution in [1.29, 1.82) is 0 Å². The largest absolute Gasteiger partial charge is 0.310 e. The molecule has 152 valence electrons. The molecule has 4 aromatic rings. The van der Waals surface area contributed by atoms with Gasteiger partial charge < -0.3 is 5.32 Å². The number of benzene rings is 1. The number of anilines is 1. The molecule has 30 heavy (non-hydrogen) atoms. The number of nitrogens with zero attached hydrogens (tertiary/aromatic N) is 3. The van der Waals surface area contributed by atoms with Gasteiger partial charge in [-0.15, -0.1) is 11.3 Å². The van der Waals surface area contributed by atoms with Gasteiger partial charge in [-0.25, -0.2) is 4.98 Å². The van der Waals surface area contributed by atoms with E-state index in [0.717, 1.165) is 10.4 Å². The van der Waals surface area contributed by atoms with Crippen molar-refractivity contribution in [3.8, 4) is 16.5 Å². The monoisotopic (exact) mass is 419 g/mol. The van der Waals surface area contributed by atoms with Crippen LogP contribution < -0.4 is 10.9 Å². The second kappa shape index (κ2) is 8.46. The minimum atomic E-state index is -0.220. The van der Waals surface area contributed by atoms with Gasteiger partial charge in [0.1, 0.15) is 11.5 Å². The molecule has 2 N–H and O–H groups in total. The van der Waals surface area contributed by atoms with Crippen LogP contribution in [-0.2, 0) is 11.2 Å². The molecule has 0 aliphatic heterocycles. The van der Waals surface area contributed by atoms with Crippen LogP contribution in [0.1, 0.15) is 30.2 Å². The van der Waals surface area contributed by atoms with Gasteiger partial charge in [-0.1, -0.05) is 43.3 Å². The van der Waals surface area contributed by atoms with Gasteiger partial charge in [-0.2, -0.15) is 9.78 Å². The first-order valence-electron chi connectivity index (χ1n) is 9.63. The molecule has 0 bridgehead atoms. The Morgan fingerprint density at radius 3 is 2.67 bits per heavy atom. The number of carbonyl (C=O) groups is 1. The van der Waals surface area contributed by atoms with E-state index in [4.69, 9.17) is 0 Å². The number of hydrogen-bond acceptors (Lipinski definition) is 5. The number of hydrogen-bond donors (Lipinski definition) is 2. The molecule has 0 fully saturated rings. The first-order valence-corrected chi connectivity index (χ1v) is 10.5. The average molecular weight is 420 g/mol. The fourth-order valence-corrected chi connectivity index (χ4v) is 3.79. The van der Waals surface area contributed by atoms with Crippen molar-refractivity contribution in [3.63, 3.8) is 0 Å². The summed E-state index contributed by atoms with van der Waals surface area (Å²) in [6.07, 6.45) is 0.826. The molecule has 0 unspecified atom stereocenters. The molecule has 0 saturated heterocycles. The predicted molar refractivity (Wildman–Crippen MR) is 118 cm³/mol. The lowest BCUT2D eigenvalue weighted by molar-refractivity contribution is -0.115. The molecular formula is C22H21N5O2S. The van der Waals surface area contributed by atoms with Crippen LogP contribution in [0.3, 0.4) is 0 Å². The molecule has 0 saturated carbocycles. The smallest absolute Gasteiger partial charge is 0.256 e. The Kier molecular flexibility index (Phi) is 5.58. The van der Waals surface area contributed by atoms with Crippen molar-refractivity contribution < 1.29 is 4.79 Å². The normalized spacial score (nSPS) is 10.9. The topological polar surface area (TPSA) is 92.7 Å². The van der Waals surface area contributed by atoms with Crippen molar-refractivity contribution in [2.45, 2.75) is 26.7 Å². The van der Waals surface area contributed by atoms with Gasteiger partial charge in [-0.3, -0.25) is 14.6 Å². The molecule has 1 amide bonds. The number of carbonyl (C=O) groups excluding carboxylic acids is 1. The molecule has 4 rings (SSSR count). The summed E-state index contributed by atoms with van der Waals surface area (Å²) in [4.78, 5) is 33.2.